The van der Waals surface area contributed by atoms with Gasteiger partial charge < -0.3 is 15.1 Å². The first-order chi connectivity index (χ1) is 12.7. The van der Waals surface area contributed by atoms with Crippen LogP contribution in [0.25, 0.3) is 10.2 Å². The molecule has 4 nitrogen and oxygen atoms in total. The van der Waals surface area contributed by atoms with E-state index in [0.717, 1.165) is 49.0 Å². The highest BCUT2D eigenvalue weighted by molar-refractivity contribution is 7.80. The van der Waals surface area contributed by atoms with Gasteiger partial charge in [0, 0.05) is 5.69 Å². The fraction of sp³-hybridized carbons (Fsp3) is 0.300. The lowest BCUT2D eigenvalue weighted by Gasteiger charge is -2.33. The number of thiazole rings is 1. The maximum Gasteiger partial charge on any atom is 0.173 e. The Hall–Kier alpha value is -2.02. The summed E-state index contributed by atoms with van der Waals surface area (Å²) in [5, 5.41) is 5.46. The van der Waals surface area contributed by atoms with Gasteiger partial charge >= 0.3 is 0 Å². The molecule has 0 spiro atoms. The molecule has 1 aromatic heterocycles. The highest BCUT2D eigenvalue weighted by Crippen LogP contribution is 2.20. The summed E-state index contributed by atoms with van der Waals surface area (Å²) in [6.07, 6.45) is 0. The molecule has 1 aliphatic rings. The number of thiocarbonyl (C=S) groups is 1. The zero-order valence-corrected chi connectivity index (χ0v) is 16.5. The molecule has 26 heavy (non-hydrogen) atoms. The fourth-order valence-corrected chi connectivity index (χ4v) is 4.65. The molecule has 3 aromatic rings. The van der Waals surface area contributed by atoms with Crippen molar-refractivity contribution in [3.05, 3.63) is 59.1 Å². The van der Waals surface area contributed by atoms with Crippen LogP contribution in [-0.2, 0) is 6.54 Å². The summed E-state index contributed by atoms with van der Waals surface area (Å²) in [6.45, 7) is 7.25. The minimum Gasteiger partial charge on any atom is -0.338 e. The van der Waals surface area contributed by atoms with E-state index in [0.29, 0.717) is 0 Å². The molecule has 134 valence electrons. The van der Waals surface area contributed by atoms with Gasteiger partial charge in [-0.15, -0.1) is 11.3 Å². The van der Waals surface area contributed by atoms with Crippen LogP contribution in [0.1, 0.15) is 10.6 Å². The van der Waals surface area contributed by atoms with Gasteiger partial charge in [-0.3, -0.25) is 0 Å². The number of rotatable bonds is 3. The molecule has 0 radical (unpaired) electrons. The third-order valence-electron chi connectivity index (χ3n) is 4.88. The zero-order valence-electron chi connectivity index (χ0n) is 14.9. The molecular weight excluding hydrogens is 360 g/mol. The van der Waals surface area contributed by atoms with Gasteiger partial charge in [0.2, 0.25) is 0 Å². The van der Waals surface area contributed by atoms with E-state index in [4.69, 9.17) is 17.2 Å². The van der Waals surface area contributed by atoms with E-state index in [-0.39, 0.29) is 0 Å². The van der Waals surface area contributed by atoms with Crippen molar-refractivity contribution in [2.45, 2.75) is 13.5 Å². The van der Waals surface area contributed by atoms with E-state index in [1.807, 2.05) is 23.5 Å². The maximum absolute atomic E-state index is 5.62. The van der Waals surface area contributed by atoms with Gasteiger partial charge in [-0.2, -0.15) is 0 Å². The van der Waals surface area contributed by atoms with Crippen LogP contribution in [0.3, 0.4) is 0 Å². The number of anilines is 1. The molecule has 6 heteroatoms. The predicted octanol–water partition coefficient (Wildman–Crippen LogP) is 2.70. The molecule has 1 fully saturated rings. The third kappa shape index (κ3) is 3.87. The standard InChI is InChI=1S/C20H22N4S2/c1-15-6-2-3-7-16(15)22-20(25)24-12-10-23(11-13-24)14-19-21-17-8-4-5-9-18(17)26-19/h2-9H,10-14H2,1H3,(H,22,25)/p+1. The molecule has 1 aliphatic heterocycles. The van der Waals surface area contributed by atoms with Gasteiger partial charge in [0.1, 0.15) is 11.6 Å². The van der Waals surface area contributed by atoms with Crippen molar-refractivity contribution in [2.75, 3.05) is 31.5 Å². The lowest BCUT2D eigenvalue weighted by atomic mass is 10.2. The monoisotopic (exact) mass is 383 g/mol. The van der Waals surface area contributed by atoms with E-state index in [2.05, 4.69) is 53.5 Å². The molecule has 2 N–H and O–H groups in total. The number of nitrogens with zero attached hydrogens (tertiary/aromatic N) is 2. The molecular formula is C20H23N4S2+. The minimum absolute atomic E-state index is 0.832. The van der Waals surface area contributed by atoms with Crippen LogP contribution in [0.2, 0.25) is 0 Å². The number of nitrogens with one attached hydrogen (secondary N) is 2. The van der Waals surface area contributed by atoms with Gasteiger partial charge in [0.25, 0.3) is 0 Å². The van der Waals surface area contributed by atoms with Gasteiger partial charge in [0.05, 0.1) is 36.4 Å². The average Bonchev–Trinajstić information content (AvgIpc) is 3.06. The van der Waals surface area contributed by atoms with Crippen molar-refractivity contribution in [3.8, 4) is 0 Å². The van der Waals surface area contributed by atoms with Gasteiger partial charge in [-0.1, -0.05) is 30.3 Å². The summed E-state index contributed by atoms with van der Waals surface area (Å²) in [6, 6.07) is 16.7. The first-order valence-electron chi connectivity index (χ1n) is 8.98. The largest absolute Gasteiger partial charge is 0.338 e. The minimum atomic E-state index is 0.832. The normalized spacial score (nSPS) is 15.3. The molecule has 0 bridgehead atoms. The summed E-state index contributed by atoms with van der Waals surface area (Å²) >= 11 is 7.44. The van der Waals surface area contributed by atoms with Crippen LogP contribution < -0.4 is 10.2 Å². The van der Waals surface area contributed by atoms with E-state index in [1.54, 1.807) is 4.90 Å². The van der Waals surface area contributed by atoms with Crippen molar-refractivity contribution in [2.24, 2.45) is 0 Å². The molecule has 0 atom stereocenters. The van der Waals surface area contributed by atoms with Crippen molar-refractivity contribution in [1.29, 1.82) is 0 Å². The molecule has 0 aliphatic carbocycles. The Bertz CT molecular complexity index is 880. The molecule has 4 rings (SSSR count). The Labute approximate surface area is 163 Å². The second-order valence-corrected chi connectivity index (χ2v) is 8.24. The summed E-state index contributed by atoms with van der Waals surface area (Å²) in [5.74, 6) is 0. The SMILES string of the molecule is Cc1ccccc1NC(=S)N1CC[NH+](Cc2nc3ccccc3s2)CC1. The number of quaternary nitrogens is 1. The second-order valence-electron chi connectivity index (χ2n) is 6.73. The van der Waals surface area contributed by atoms with Crippen LogP contribution in [-0.4, -0.2) is 41.2 Å². The fourth-order valence-electron chi connectivity index (χ4n) is 3.32. The topological polar surface area (TPSA) is 32.6 Å². The number of hydrogen-bond acceptors (Lipinski definition) is 3. The lowest BCUT2D eigenvalue weighted by molar-refractivity contribution is -0.917. The first-order valence-corrected chi connectivity index (χ1v) is 10.2. The van der Waals surface area contributed by atoms with Gasteiger partial charge in [-0.25, -0.2) is 4.98 Å². The number of aryl methyl sites for hydroxylation is 1. The van der Waals surface area contributed by atoms with E-state index in [9.17, 15) is 0 Å². The van der Waals surface area contributed by atoms with Crippen molar-refractivity contribution in [3.63, 3.8) is 0 Å². The Morgan fingerprint density at radius 3 is 2.65 bits per heavy atom. The first kappa shape index (κ1) is 17.4. The molecule has 2 heterocycles. The average molecular weight is 384 g/mol. The van der Waals surface area contributed by atoms with Gasteiger partial charge in [0.15, 0.2) is 5.11 Å². The van der Waals surface area contributed by atoms with Crippen LogP contribution in [0.4, 0.5) is 5.69 Å². The van der Waals surface area contributed by atoms with E-state index in [1.165, 1.54) is 15.3 Å². The Balaban J connectivity index is 1.32. The lowest BCUT2D eigenvalue weighted by Crippen LogP contribution is -3.13. The Morgan fingerprint density at radius 1 is 1.15 bits per heavy atom. The van der Waals surface area contributed by atoms with Crippen molar-refractivity contribution < 1.29 is 4.90 Å². The van der Waals surface area contributed by atoms with E-state index < -0.39 is 0 Å². The molecule has 0 amide bonds. The third-order valence-corrected chi connectivity index (χ3v) is 6.28. The molecule has 2 aromatic carbocycles. The highest BCUT2D eigenvalue weighted by atomic mass is 32.1. The smallest absolute Gasteiger partial charge is 0.173 e. The number of aromatic nitrogens is 1. The quantitative estimate of drug-likeness (QED) is 0.682. The van der Waals surface area contributed by atoms with Crippen LogP contribution in [0.15, 0.2) is 48.5 Å². The van der Waals surface area contributed by atoms with Crippen LogP contribution >= 0.6 is 23.6 Å². The molecule has 1 saturated heterocycles. The highest BCUT2D eigenvalue weighted by Gasteiger charge is 2.23. The molecule has 0 unspecified atom stereocenters. The summed E-state index contributed by atoms with van der Waals surface area (Å²) in [7, 11) is 0. The molecule has 0 saturated carbocycles. The Kier molecular flexibility index (Phi) is 5.15. The van der Waals surface area contributed by atoms with Gasteiger partial charge in [-0.05, 0) is 42.9 Å². The number of piperazine rings is 1. The number of hydrogen-bond donors (Lipinski definition) is 2. The number of fused-ring (bicyclic) bond motifs is 1. The second kappa shape index (κ2) is 7.70. The van der Waals surface area contributed by atoms with Crippen molar-refractivity contribution in [1.82, 2.24) is 9.88 Å². The number of para-hydroxylation sites is 2. The van der Waals surface area contributed by atoms with E-state index >= 15 is 0 Å². The number of benzene rings is 2. The summed E-state index contributed by atoms with van der Waals surface area (Å²) in [4.78, 5) is 8.64. The maximum atomic E-state index is 5.62. The predicted molar refractivity (Wildman–Crippen MR) is 113 cm³/mol. The Morgan fingerprint density at radius 2 is 1.88 bits per heavy atom. The van der Waals surface area contributed by atoms with Crippen LogP contribution in [0.5, 0.6) is 0 Å². The zero-order chi connectivity index (χ0) is 17.9. The summed E-state index contributed by atoms with van der Waals surface area (Å²) < 4.78 is 1.28. The van der Waals surface area contributed by atoms with Crippen LogP contribution in [0, 0.1) is 6.92 Å². The summed E-state index contributed by atoms with van der Waals surface area (Å²) in [5.41, 5.74) is 3.44. The van der Waals surface area contributed by atoms with Crippen molar-refractivity contribution >= 4 is 44.6 Å².